The van der Waals surface area contributed by atoms with Crippen molar-refractivity contribution in [3.05, 3.63) is 66.3 Å². The molecule has 0 atom stereocenters. The second-order valence-electron chi connectivity index (χ2n) is 6.17. The van der Waals surface area contributed by atoms with Gasteiger partial charge in [-0.3, -0.25) is 9.35 Å². The standard InChI is InChI=1S/C19H9Cl2IO6S/c20-12-4-10-16(6-14(12)23)28-17-7-15(24)13(21)5-11(17)19(10)9-2-1-8(22)3-18(9)29(25,26)27/h1-7,23H,(H,25,26,27). The van der Waals surface area contributed by atoms with Gasteiger partial charge in [0.2, 0.25) is 5.43 Å². The SMILES string of the molecule is O=c1cc2oc3cc(O)c(Cl)cc3c(-c3ccc(I)cc3S(=O)(=O)O)c-2cc1Cl. The highest BCUT2D eigenvalue weighted by Crippen LogP contribution is 2.45. The fourth-order valence-electron chi connectivity index (χ4n) is 3.11. The summed E-state index contributed by atoms with van der Waals surface area (Å²) in [7, 11) is -4.59. The van der Waals surface area contributed by atoms with Gasteiger partial charge in [-0.05, 0) is 46.9 Å². The molecular formula is C19H9Cl2IO6S. The van der Waals surface area contributed by atoms with Gasteiger partial charge in [0, 0.05) is 37.8 Å². The Morgan fingerprint density at radius 3 is 2.38 bits per heavy atom. The lowest BCUT2D eigenvalue weighted by Gasteiger charge is -2.17. The topological polar surface area (TPSA) is 105 Å². The van der Waals surface area contributed by atoms with E-state index in [2.05, 4.69) is 0 Å². The third-order valence-electron chi connectivity index (χ3n) is 4.33. The van der Waals surface area contributed by atoms with Gasteiger partial charge < -0.3 is 9.52 Å². The van der Waals surface area contributed by atoms with Gasteiger partial charge in [-0.25, -0.2) is 0 Å². The van der Waals surface area contributed by atoms with Gasteiger partial charge in [0.15, 0.2) is 0 Å². The minimum Gasteiger partial charge on any atom is -0.506 e. The van der Waals surface area contributed by atoms with Gasteiger partial charge in [0.1, 0.15) is 22.0 Å². The summed E-state index contributed by atoms with van der Waals surface area (Å²) in [5.41, 5.74) is 0.513. The van der Waals surface area contributed by atoms with Crippen LogP contribution in [0.15, 0.2) is 56.6 Å². The van der Waals surface area contributed by atoms with Gasteiger partial charge in [0.05, 0.1) is 10.0 Å². The van der Waals surface area contributed by atoms with Crippen molar-refractivity contribution in [1.29, 1.82) is 0 Å². The van der Waals surface area contributed by atoms with Gasteiger partial charge >= 0.3 is 0 Å². The van der Waals surface area contributed by atoms with Crippen molar-refractivity contribution in [3.63, 3.8) is 0 Å². The first kappa shape index (κ1) is 20.4. The van der Waals surface area contributed by atoms with Crippen LogP contribution in [0.2, 0.25) is 10.0 Å². The molecule has 0 amide bonds. The molecule has 0 saturated carbocycles. The van der Waals surface area contributed by atoms with Crippen molar-refractivity contribution >= 4 is 66.9 Å². The number of phenolic OH excluding ortho intramolecular Hbond substituents is 1. The average molecular weight is 563 g/mol. The molecule has 1 aliphatic carbocycles. The summed E-state index contributed by atoms with van der Waals surface area (Å²) in [4.78, 5) is 11.7. The van der Waals surface area contributed by atoms with Gasteiger partial charge in [0.25, 0.3) is 10.1 Å². The van der Waals surface area contributed by atoms with Crippen molar-refractivity contribution in [3.8, 4) is 28.2 Å². The van der Waals surface area contributed by atoms with Crippen LogP contribution < -0.4 is 5.43 Å². The molecule has 0 bridgehead atoms. The van der Waals surface area contributed by atoms with Crippen molar-refractivity contribution < 1.29 is 22.5 Å². The number of fused-ring (bicyclic) bond motifs is 2. The van der Waals surface area contributed by atoms with Crippen LogP contribution in [0.25, 0.3) is 33.4 Å². The zero-order valence-electron chi connectivity index (χ0n) is 14.1. The molecule has 0 radical (unpaired) electrons. The Morgan fingerprint density at radius 2 is 1.69 bits per heavy atom. The number of hydrogen-bond donors (Lipinski definition) is 2. The molecular weight excluding hydrogens is 554 g/mol. The van der Waals surface area contributed by atoms with Crippen molar-refractivity contribution in [1.82, 2.24) is 0 Å². The second kappa shape index (κ2) is 7.13. The first-order valence-electron chi connectivity index (χ1n) is 7.92. The lowest BCUT2D eigenvalue weighted by molar-refractivity contribution is 0.474. The van der Waals surface area contributed by atoms with Crippen LogP contribution in [0.1, 0.15) is 0 Å². The van der Waals surface area contributed by atoms with Crippen LogP contribution in [0, 0.1) is 3.57 Å². The largest absolute Gasteiger partial charge is 0.506 e. The number of benzene rings is 3. The maximum Gasteiger partial charge on any atom is 0.295 e. The Balaban J connectivity index is 2.29. The molecule has 29 heavy (non-hydrogen) atoms. The quantitative estimate of drug-likeness (QED) is 0.192. The van der Waals surface area contributed by atoms with Crippen LogP contribution in [-0.2, 0) is 10.1 Å². The lowest BCUT2D eigenvalue weighted by atomic mass is 9.93. The van der Waals surface area contributed by atoms with E-state index in [4.69, 9.17) is 27.6 Å². The zero-order valence-corrected chi connectivity index (χ0v) is 18.6. The summed E-state index contributed by atoms with van der Waals surface area (Å²) in [5, 5.41) is 10.2. The Labute approximate surface area is 187 Å². The second-order valence-corrected chi connectivity index (χ2v) is 9.62. The minimum absolute atomic E-state index is 0.0127. The highest BCUT2D eigenvalue weighted by molar-refractivity contribution is 14.1. The molecule has 2 aromatic carbocycles. The van der Waals surface area contributed by atoms with Gasteiger partial charge in [-0.2, -0.15) is 8.42 Å². The normalized spacial score (nSPS) is 12.0. The van der Waals surface area contributed by atoms with Crippen LogP contribution in [-0.4, -0.2) is 18.1 Å². The maximum absolute atomic E-state index is 12.1. The van der Waals surface area contributed by atoms with E-state index in [0.717, 1.165) is 0 Å². The van der Waals surface area contributed by atoms with E-state index in [1.807, 2.05) is 22.6 Å². The molecule has 1 heterocycles. The monoisotopic (exact) mass is 562 g/mol. The van der Waals surface area contributed by atoms with Crippen molar-refractivity contribution in [2.45, 2.75) is 4.90 Å². The summed E-state index contributed by atoms with van der Waals surface area (Å²) in [5.74, 6) is -0.120. The van der Waals surface area contributed by atoms with Gasteiger partial charge in [-0.1, -0.05) is 29.3 Å². The molecule has 0 aromatic heterocycles. The van der Waals surface area contributed by atoms with Crippen LogP contribution >= 0.6 is 45.8 Å². The third-order valence-corrected chi connectivity index (χ3v) is 6.50. The van der Waals surface area contributed by atoms with Crippen LogP contribution in [0.4, 0.5) is 0 Å². The zero-order chi connectivity index (χ0) is 21.1. The molecule has 2 N–H and O–H groups in total. The molecule has 0 fully saturated rings. The lowest BCUT2D eigenvalue weighted by Crippen LogP contribution is -2.05. The minimum atomic E-state index is -4.59. The van der Waals surface area contributed by atoms with Crippen molar-refractivity contribution in [2.24, 2.45) is 0 Å². The predicted molar refractivity (Wildman–Crippen MR) is 119 cm³/mol. The number of hydrogen-bond acceptors (Lipinski definition) is 5. The Morgan fingerprint density at radius 1 is 0.966 bits per heavy atom. The number of aromatic hydroxyl groups is 1. The number of phenols is 1. The van der Waals surface area contributed by atoms with E-state index < -0.39 is 15.5 Å². The molecule has 1 aliphatic heterocycles. The molecule has 148 valence electrons. The summed E-state index contributed by atoms with van der Waals surface area (Å²) in [6, 6.07) is 9.72. The molecule has 2 aliphatic rings. The molecule has 10 heteroatoms. The summed E-state index contributed by atoms with van der Waals surface area (Å²) in [6.07, 6.45) is 0. The Hall–Kier alpha value is -1.85. The van der Waals surface area contributed by atoms with Crippen LogP contribution in [0.3, 0.4) is 0 Å². The molecule has 2 aromatic rings. The van der Waals surface area contributed by atoms with Crippen molar-refractivity contribution in [2.75, 3.05) is 0 Å². The maximum atomic E-state index is 12.1. The van der Waals surface area contributed by atoms with Gasteiger partial charge in [-0.15, -0.1) is 0 Å². The highest BCUT2D eigenvalue weighted by Gasteiger charge is 2.25. The molecule has 6 nitrogen and oxygen atoms in total. The molecule has 4 rings (SSSR count). The van der Waals surface area contributed by atoms with E-state index >= 15 is 0 Å². The Kier molecular flexibility index (Phi) is 5.02. The van der Waals surface area contributed by atoms with E-state index in [0.29, 0.717) is 20.1 Å². The average Bonchev–Trinajstić information content (AvgIpc) is 2.62. The fraction of sp³-hybridized carbons (Fsp3) is 0. The third kappa shape index (κ3) is 3.59. The van der Waals surface area contributed by atoms with E-state index in [9.17, 15) is 22.9 Å². The van der Waals surface area contributed by atoms with E-state index in [1.165, 1.54) is 36.4 Å². The summed E-state index contributed by atoms with van der Waals surface area (Å²) in [6.45, 7) is 0. The first-order valence-corrected chi connectivity index (χ1v) is 11.2. The van der Waals surface area contributed by atoms with E-state index in [1.54, 1.807) is 6.07 Å². The van der Waals surface area contributed by atoms with Crippen LogP contribution in [0.5, 0.6) is 5.75 Å². The number of halogens is 3. The highest BCUT2D eigenvalue weighted by atomic mass is 127. The summed E-state index contributed by atoms with van der Waals surface area (Å²) >= 11 is 14.0. The van der Waals surface area contributed by atoms with E-state index in [-0.39, 0.29) is 37.6 Å². The Bertz CT molecular complexity index is 1450. The smallest absolute Gasteiger partial charge is 0.295 e. The fourth-order valence-corrected chi connectivity index (χ4v) is 4.86. The molecule has 0 saturated heterocycles. The number of rotatable bonds is 2. The summed E-state index contributed by atoms with van der Waals surface area (Å²) < 4.78 is 40.3. The first-order chi connectivity index (χ1) is 13.6. The molecule has 0 spiro atoms. The predicted octanol–water partition coefficient (Wildman–Crippen LogP) is 5.43. The molecule has 0 unspecified atom stereocenters.